The summed E-state index contributed by atoms with van der Waals surface area (Å²) < 4.78 is 43.3. The largest absolute Gasteiger partial charge is 0.486 e. The Morgan fingerprint density at radius 3 is 2.35 bits per heavy atom. The van der Waals surface area contributed by atoms with E-state index in [0.717, 1.165) is 24.3 Å². The number of carbonyl (C=O) groups is 1. The van der Waals surface area contributed by atoms with Crippen molar-refractivity contribution in [3.8, 4) is 11.8 Å². The van der Waals surface area contributed by atoms with Crippen molar-refractivity contribution < 1.29 is 22.7 Å². The maximum atomic E-state index is 12.6. The van der Waals surface area contributed by atoms with E-state index in [1.807, 2.05) is 6.07 Å². The van der Waals surface area contributed by atoms with Crippen molar-refractivity contribution in [1.82, 2.24) is 5.32 Å². The third-order valence-electron chi connectivity index (χ3n) is 3.52. The van der Waals surface area contributed by atoms with Gasteiger partial charge in [0.15, 0.2) is 6.04 Å². The van der Waals surface area contributed by atoms with E-state index >= 15 is 0 Å². The second-order valence-electron chi connectivity index (χ2n) is 5.41. The molecule has 0 aromatic heterocycles. The molecular weight excluding hydrogens is 369 g/mol. The quantitative estimate of drug-likeness (QED) is 0.831. The van der Waals surface area contributed by atoms with Gasteiger partial charge in [-0.1, -0.05) is 23.7 Å². The molecule has 2 aromatic rings. The predicted octanol–water partition coefficient (Wildman–Crippen LogP) is 4.45. The fourth-order valence-corrected chi connectivity index (χ4v) is 2.28. The van der Waals surface area contributed by atoms with Gasteiger partial charge in [-0.2, -0.15) is 18.4 Å². The zero-order valence-corrected chi connectivity index (χ0v) is 14.3. The molecule has 2 unspecified atom stereocenters. The summed E-state index contributed by atoms with van der Waals surface area (Å²) in [5.74, 6) is -0.328. The van der Waals surface area contributed by atoms with Gasteiger partial charge in [0.2, 0.25) is 0 Å². The first-order chi connectivity index (χ1) is 12.2. The predicted molar refractivity (Wildman–Crippen MR) is 89.9 cm³/mol. The molecule has 0 saturated heterocycles. The van der Waals surface area contributed by atoms with E-state index in [0.29, 0.717) is 10.8 Å². The lowest BCUT2D eigenvalue weighted by atomic mass is 10.1. The Morgan fingerprint density at radius 2 is 1.81 bits per heavy atom. The lowest BCUT2D eigenvalue weighted by Gasteiger charge is -2.21. The highest BCUT2D eigenvalue weighted by molar-refractivity contribution is 6.32. The van der Waals surface area contributed by atoms with Crippen LogP contribution in [0.3, 0.4) is 0 Å². The minimum Gasteiger partial charge on any atom is -0.486 e. The van der Waals surface area contributed by atoms with Crippen LogP contribution in [0.1, 0.15) is 22.8 Å². The van der Waals surface area contributed by atoms with E-state index < -0.39 is 29.8 Å². The number of nitriles is 1. The number of hydrogen-bond acceptors (Lipinski definition) is 3. The molecule has 4 nitrogen and oxygen atoms in total. The van der Waals surface area contributed by atoms with Crippen LogP contribution in [0.25, 0.3) is 0 Å². The first-order valence-corrected chi connectivity index (χ1v) is 7.89. The van der Waals surface area contributed by atoms with Crippen molar-refractivity contribution >= 4 is 17.5 Å². The van der Waals surface area contributed by atoms with Crippen LogP contribution in [0.2, 0.25) is 5.02 Å². The molecule has 0 aliphatic carbocycles. The van der Waals surface area contributed by atoms with Crippen molar-refractivity contribution in [2.45, 2.75) is 25.2 Å². The lowest BCUT2D eigenvalue weighted by Crippen LogP contribution is -2.43. The Kier molecular flexibility index (Phi) is 6.11. The van der Waals surface area contributed by atoms with Gasteiger partial charge in [0.05, 0.1) is 16.7 Å². The van der Waals surface area contributed by atoms with E-state index in [9.17, 15) is 23.2 Å². The van der Waals surface area contributed by atoms with Gasteiger partial charge in [0.25, 0.3) is 5.91 Å². The monoisotopic (exact) mass is 382 g/mol. The molecule has 26 heavy (non-hydrogen) atoms. The van der Waals surface area contributed by atoms with Crippen LogP contribution >= 0.6 is 11.6 Å². The van der Waals surface area contributed by atoms with Gasteiger partial charge in [-0.25, -0.2) is 0 Å². The lowest BCUT2D eigenvalue weighted by molar-refractivity contribution is -0.137. The molecule has 136 valence electrons. The third-order valence-corrected chi connectivity index (χ3v) is 3.83. The number of amides is 1. The molecule has 0 fully saturated rings. The van der Waals surface area contributed by atoms with E-state index in [4.69, 9.17) is 16.3 Å². The molecule has 2 aromatic carbocycles. The molecule has 0 aliphatic rings. The zero-order valence-electron chi connectivity index (χ0n) is 13.5. The number of ether oxygens (including phenoxy) is 1. The first-order valence-electron chi connectivity index (χ1n) is 7.51. The Hall–Kier alpha value is -2.72. The number of rotatable bonds is 5. The van der Waals surface area contributed by atoms with Gasteiger partial charge in [0, 0.05) is 5.56 Å². The van der Waals surface area contributed by atoms with E-state index in [2.05, 4.69) is 5.32 Å². The molecule has 0 spiro atoms. The molecule has 0 bridgehead atoms. The van der Waals surface area contributed by atoms with Crippen LogP contribution in [0.5, 0.6) is 5.75 Å². The van der Waals surface area contributed by atoms with Gasteiger partial charge in [-0.05, 0) is 43.3 Å². The topological polar surface area (TPSA) is 62.1 Å². The SMILES string of the molecule is CC(Oc1ccccc1Cl)C(C#N)NC(=O)c1ccc(C(F)(F)F)cc1. The fraction of sp³-hybridized carbons (Fsp3) is 0.222. The van der Waals surface area contributed by atoms with Crippen molar-refractivity contribution in [1.29, 1.82) is 5.26 Å². The summed E-state index contributed by atoms with van der Waals surface area (Å²) in [5.41, 5.74) is -0.857. The third kappa shape index (κ3) is 4.90. The molecule has 0 heterocycles. The van der Waals surface area contributed by atoms with E-state index in [1.165, 1.54) is 0 Å². The van der Waals surface area contributed by atoms with Gasteiger partial charge in [-0.15, -0.1) is 0 Å². The van der Waals surface area contributed by atoms with Crippen LogP contribution in [0.4, 0.5) is 13.2 Å². The number of halogens is 4. The zero-order chi connectivity index (χ0) is 19.3. The Bertz CT molecular complexity index is 816. The van der Waals surface area contributed by atoms with Crippen LogP contribution < -0.4 is 10.1 Å². The number of carbonyl (C=O) groups excluding carboxylic acids is 1. The van der Waals surface area contributed by atoms with Gasteiger partial charge >= 0.3 is 6.18 Å². The second kappa shape index (κ2) is 8.11. The van der Waals surface area contributed by atoms with E-state index in [-0.39, 0.29) is 5.56 Å². The minimum absolute atomic E-state index is 0.00296. The number of nitrogens with zero attached hydrogens (tertiary/aromatic N) is 1. The highest BCUT2D eigenvalue weighted by Gasteiger charge is 2.30. The summed E-state index contributed by atoms with van der Waals surface area (Å²) in [6.07, 6.45) is -5.22. The van der Waals surface area contributed by atoms with Gasteiger partial charge in [0.1, 0.15) is 11.9 Å². The van der Waals surface area contributed by atoms with Crippen molar-refractivity contribution in [2.75, 3.05) is 0 Å². The molecule has 0 radical (unpaired) electrons. The van der Waals surface area contributed by atoms with Crippen molar-refractivity contribution in [3.63, 3.8) is 0 Å². The Morgan fingerprint density at radius 1 is 1.19 bits per heavy atom. The highest BCUT2D eigenvalue weighted by atomic mass is 35.5. The number of para-hydroxylation sites is 1. The average molecular weight is 383 g/mol. The summed E-state index contributed by atoms with van der Waals surface area (Å²) >= 11 is 5.98. The summed E-state index contributed by atoms with van der Waals surface area (Å²) in [6.45, 7) is 1.57. The number of alkyl halides is 3. The fourth-order valence-electron chi connectivity index (χ4n) is 2.10. The molecule has 1 amide bonds. The van der Waals surface area contributed by atoms with E-state index in [1.54, 1.807) is 31.2 Å². The smallest absolute Gasteiger partial charge is 0.416 e. The van der Waals surface area contributed by atoms with Crippen molar-refractivity contribution in [3.05, 3.63) is 64.7 Å². The molecule has 0 saturated carbocycles. The molecular formula is C18H14ClF3N2O2. The highest BCUT2D eigenvalue weighted by Crippen LogP contribution is 2.29. The molecule has 2 atom stereocenters. The van der Waals surface area contributed by atoms with Crippen LogP contribution in [0.15, 0.2) is 48.5 Å². The molecule has 0 aliphatic heterocycles. The van der Waals surface area contributed by atoms with Gasteiger partial charge < -0.3 is 10.1 Å². The van der Waals surface area contributed by atoms with Crippen molar-refractivity contribution in [2.24, 2.45) is 0 Å². The standard InChI is InChI=1S/C18H14ClF3N2O2/c1-11(26-16-5-3-2-4-14(16)19)15(10-23)24-17(25)12-6-8-13(9-7-12)18(20,21)22/h2-9,11,15H,1H3,(H,24,25). The van der Waals surface area contributed by atoms with Crippen LogP contribution in [-0.4, -0.2) is 18.1 Å². The summed E-state index contributed by atoms with van der Waals surface area (Å²) in [5, 5.41) is 12.0. The Labute approximate surface area is 153 Å². The molecule has 8 heteroatoms. The minimum atomic E-state index is -4.48. The maximum absolute atomic E-state index is 12.6. The number of hydrogen-bond donors (Lipinski definition) is 1. The molecule has 2 rings (SSSR count). The molecule has 1 N–H and O–H groups in total. The number of nitrogens with one attached hydrogen (secondary N) is 1. The first kappa shape index (κ1) is 19.6. The second-order valence-corrected chi connectivity index (χ2v) is 5.82. The van der Waals surface area contributed by atoms with Crippen LogP contribution in [0, 0.1) is 11.3 Å². The summed E-state index contributed by atoms with van der Waals surface area (Å²) in [7, 11) is 0. The maximum Gasteiger partial charge on any atom is 0.416 e. The average Bonchev–Trinajstić information content (AvgIpc) is 2.60. The number of benzene rings is 2. The summed E-state index contributed by atoms with van der Waals surface area (Å²) in [4.78, 5) is 12.2. The van der Waals surface area contributed by atoms with Gasteiger partial charge in [-0.3, -0.25) is 4.79 Å². The summed E-state index contributed by atoms with van der Waals surface area (Å²) in [6, 6.07) is 11.2. The Balaban J connectivity index is 2.06. The normalized spacial score (nSPS) is 13.4. The van der Waals surface area contributed by atoms with Crippen LogP contribution in [-0.2, 0) is 6.18 Å².